The lowest BCUT2D eigenvalue weighted by Crippen LogP contribution is -2.27. The molecule has 43 heavy (non-hydrogen) atoms. The van der Waals surface area contributed by atoms with Gasteiger partial charge in [-0.15, -0.1) is 6.58 Å². The number of aliphatic hydroxyl groups is 1. The lowest BCUT2D eigenvalue weighted by molar-refractivity contribution is -0.152. The zero-order chi connectivity index (χ0) is 31.2. The van der Waals surface area contributed by atoms with E-state index in [1.54, 1.807) is 0 Å². The summed E-state index contributed by atoms with van der Waals surface area (Å²) in [6, 6.07) is 0. The van der Waals surface area contributed by atoms with Gasteiger partial charge in [0.2, 0.25) is 0 Å². The van der Waals surface area contributed by atoms with Crippen LogP contribution in [-0.2, 0) is 14.3 Å². The van der Waals surface area contributed by atoms with Gasteiger partial charge >= 0.3 is 5.97 Å². The number of carbonyl (C=O) groups excluding carboxylic acids is 1. The molecule has 4 unspecified atom stereocenters. The number of hydrogen-bond donors (Lipinski definition) is 1. The Bertz CT molecular complexity index is 780. The lowest BCUT2D eigenvalue weighted by atomic mass is 10.00. The Morgan fingerprint density at radius 2 is 1.33 bits per heavy atom. The van der Waals surface area contributed by atoms with Crippen molar-refractivity contribution in [2.24, 2.45) is 0 Å². The Kier molecular flexibility index (Phi) is 26.2. The molecule has 1 aliphatic heterocycles. The number of aliphatic hydroxyl groups excluding tert-OH is 1. The molecule has 1 fully saturated rings. The Morgan fingerprint density at radius 3 is 1.98 bits per heavy atom. The number of hydrogen-bond acceptors (Lipinski definition) is 4. The smallest absolute Gasteiger partial charge is 0.306 e. The van der Waals surface area contributed by atoms with Crippen LogP contribution in [-0.4, -0.2) is 35.5 Å². The van der Waals surface area contributed by atoms with Crippen molar-refractivity contribution in [2.75, 3.05) is 0 Å². The van der Waals surface area contributed by atoms with E-state index in [4.69, 9.17) is 9.47 Å². The van der Waals surface area contributed by atoms with E-state index in [9.17, 15) is 9.90 Å². The molecule has 0 radical (unpaired) electrons. The normalized spacial score (nSPS) is 19.8. The highest BCUT2D eigenvalue weighted by Crippen LogP contribution is 2.31. The minimum atomic E-state index is -0.483. The van der Waals surface area contributed by atoms with Crippen molar-refractivity contribution < 1.29 is 19.4 Å². The summed E-state index contributed by atoms with van der Waals surface area (Å²) in [5, 5.41) is 10.8. The van der Waals surface area contributed by atoms with Gasteiger partial charge in [-0.1, -0.05) is 126 Å². The average molecular weight is 599 g/mol. The van der Waals surface area contributed by atoms with Crippen LogP contribution in [0.1, 0.15) is 155 Å². The minimum absolute atomic E-state index is 0.0948. The molecule has 0 aromatic rings. The maximum Gasteiger partial charge on any atom is 0.306 e. The van der Waals surface area contributed by atoms with Crippen LogP contribution in [0.3, 0.4) is 0 Å². The molecule has 4 atom stereocenters. The molecule has 0 aliphatic carbocycles. The highest BCUT2D eigenvalue weighted by molar-refractivity contribution is 5.69. The first-order chi connectivity index (χ1) is 21.1. The highest BCUT2D eigenvalue weighted by atomic mass is 16.6. The molecule has 0 amide bonds. The number of esters is 1. The second kappa shape index (κ2) is 28.8. The summed E-state index contributed by atoms with van der Waals surface area (Å²) in [5.41, 5.74) is 0. The monoisotopic (exact) mass is 598 g/mol. The van der Waals surface area contributed by atoms with Gasteiger partial charge in [-0.3, -0.25) is 4.79 Å². The van der Waals surface area contributed by atoms with Gasteiger partial charge in [-0.2, -0.15) is 0 Å². The van der Waals surface area contributed by atoms with E-state index in [1.807, 2.05) is 6.08 Å². The van der Waals surface area contributed by atoms with Crippen LogP contribution in [0.15, 0.2) is 61.3 Å². The van der Waals surface area contributed by atoms with Gasteiger partial charge in [0.25, 0.3) is 0 Å². The largest absolute Gasteiger partial charge is 0.459 e. The Hall–Kier alpha value is -1.91. The molecule has 1 N–H and O–H groups in total. The molecule has 0 spiro atoms. The zero-order valence-corrected chi connectivity index (χ0v) is 27.9. The summed E-state index contributed by atoms with van der Waals surface area (Å²) in [7, 11) is 0. The molecule has 4 heteroatoms. The third-order valence-corrected chi connectivity index (χ3v) is 8.15. The third-order valence-electron chi connectivity index (χ3n) is 8.15. The number of carbonyl (C=O) groups is 1. The summed E-state index contributed by atoms with van der Waals surface area (Å²) >= 11 is 0. The van der Waals surface area contributed by atoms with E-state index in [2.05, 4.69) is 69.0 Å². The van der Waals surface area contributed by atoms with Crippen LogP contribution >= 0.6 is 0 Å². The fourth-order valence-electron chi connectivity index (χ4n) is 5.48. The van der Waals surface area contributed by atoms with Crippen molar-refractivity contribution in [3.63, 3.8) is 0 Å². The topological polar surface area (TPSA) is 55.8 Å². The number of allylic oxidation sites excluding steroid dienone is 9. The summed E-state index contributed by atoms with van der Waals surface area (Å²) in [5.74, 6) is -0.139. The van der Waals surface area contributed by atoms with Crippen LogP contribution in [0.4, 0.5) is 0 Å². The molecule has 246 valence electrons. The van der Waals surface area contributed by atoms with E-state index in [-0.39, 0.29) is 24.3 Å². The van der Waals surface area contributed by atoms with Crippen molar-refractivity contribution in [2.45, 2.75) is 180 Å². The van der Waals surface area contributed by atoms with Crippen molar-refractivity contribution in [1.29, 1.82) is 0 Å². The molecule has 4 nitrogen and oxygen atoms in total. The van der Waals surface area contributed by atoms with Gasteiger partial charge in [0, 0.05) is 12.8 Å². The first kappa shape index (κ1) is 39.1. The van der Waals surface area contributed by atoms with Crippen LogP contribution in [0, 0.1) is 0 Å². The SMILES string of the molecule is C=CCCCCCCCC(O)C1CC(OC(=O)CCCC=CCC=CCC=CCC=CCCCCC)C(CCCCC)O1. The molecule has 1 rings (SSSR count). The van der Waals surface area contributed by atoms with Crippen LogP contribution < -0.4 is 0 Å². The van der Waals surface area contributed by atoms with E-state index in [0.29, 0.717) is 12.8 Å². The Labute approximate surface area is 265 Å². The lowest BCUT2D eigenvalue weighted by Gasteiger charge is -2.20. The van der Waals surface area contributed by atoms with E-state index < -0.39 is 6.10 Å². The molecular formula is C39H66O4. The number of ether oxygens (including phenoxy) is 2. The number of rotatable bonds is 28. The Balaban J connectivity index is 2.25. The van der Waals surface area contributed by atoms with Crippen LogP contribution in [0.25, 0.3) is 0 Å². The second-order valence-corrected chi connectivity index (χ2v) is 12.2. The summed E-state index contributed by atoms with van der Waals surface area (Å²) in [6.07, 6.45) is 41.3. The number of unbranched alkanes of at least 4 members (excludes halogenated alkanes) is 11. The van der Waals surface area contributed by atoms with Gasteiger partial charge in [0.1, 0.15) is 6.10 Å². The maximum absolute atomic E-state index is 12.6. The fraction of sp³-hybridized carbons (Fsp3) is 0.718. The third kappa shape index (κ3) is 22.3. The van der Waals surface area contributed by atoms with Gasteiger partial charge in [-0.05, 0) is 70.6 Å². The first-order valence-corrected chi connectivity index (χ1v) is 17.9. The van der Waals surface area contributed by atoms with E-state index in [0.717, 1.165) is 83.5 Å². The summed E-state index contributed by atoms with van der Waals surface area (Å²) in [4.78, 5) is 12.6. The van der Waals surface area contributed by atoms with Crippen LogP contribution in [0.5, 0.6) is 0 Å². The first-order valence-electron chi connectivity index (χ1n) is 17.9. The predicted molar refractivity (Wildman–Crippen MR) is 184 cm³/mol. The molecule has 0 bridgehead atoms. The molecule has 0 aromatic heterocycles. The van der Waals surface area contributed by atoms with Crippen molar-refractivity contribution >= 4 is 5.97 Å². The Morgan fingerprint density at radius 1 is 0.767 bits per heavy atom. The van der Waals surface area contributed by atoms with E-state index in [1.165, 1.54) is 44.9 Å². The van der Waals surface area contributed by atoms with Gasteiger partial charge in [0.05, 0.1) is 18.3 Å². The average Bonchev–Trinajstić information content (AvgIpc) is 3.40. The van der Waals surface area contributed by atoms with Crippen molar-refractivity contribution in [3.05, 3.63) is 61.3 Å². The molecule has 1 saturated heterocycles. The molecule has 1 aliphatic rings. The van der Waals surface area contributed by atoms with Gasteiger partial charge < -0.3 is 14.6 Å². The van der Waals surface area contributed by atoms with Gasteiger partial charge in [0.15, 0.2) is 0 Å². The summed E-state index contributed by atoms with van der Waals surface area (Å²) in [6.45, 7) is 8.21. The maximum atomic E-state index is 12.6. The second-order valence-electron chi connectivity index (χ2n) is 12.2. The van der Waals surface area contributed by atoms with E-state index >= 15 is 0 Å². The molecular weight excluding hydrogens is 532 g/mol. The fourth-order valence-corrected chi connectivity index (χ4v) is 5.48. The standard InChI is InChI=1S/C39H66O4/c1-4-7-10-12-14-15-16-17-18-19-20-21-22-23-25-27-30-33-39(41)43-38-34-37(42-36(38)32-28-9-6-3)35(40)31-29-26-24-13-11-8-5-2/h5,14-15,17-18,20-21,23,25,35-38,40H,2,4,6-13,16,19,22,24,26-34H2,1,3H3. The minimum Gasteiger partial charge on any atom is -0.459 e. The van der Waals surface area contributed by atoms with Crippen LogP contribution in [0.2, 0.25) is 0 Å². The quantitative estimate of drug-likeness (QED) is 0.0553. The zero-order valence-electron chi connectivity index (χ0n) is 27.9. The predicted octanol–water partition coefficient (Wildman–Crippen LogP) is 11.1. The summed E-state index contributed by atoms with van der Waals surface area (Å²) < 4.78 is 12.2. The molecule has 0 saturated carbocycles. The highest BCUT2D eigenvalue weighted by Gasteiger charge is 2.40. The molecule has 1 heterocycles. The van der Waals surface area contributed by atoms with Crippen molar-refractivity contribution in [3.8, 4) is 0 Å². The van der Waals surface area contributed by atoms with Crippen molar-refractivity contribution in [1.82, 2.24) is 0 Å². The molecule has 0 aromatic carbocycles. The van der Waals surface area contributed by atoms with Gasteiger partial charge in [-0.25, -0.2) is 0 Å².